The Morgan fingerprint density at radius 3 is 2.86 bits per heavy atom. The summed E-state index contributed by atoms with van der Waals surface area (Å²) in [5.74, 6) is 1.07. The second kappa shape index (κ2) is 6.06. The molecule has 0 atom stereocenters. The molecule has 0 heterocycles. The summed E-state index contributed by atoms with van der Waals surface area (Å²) in [6, 6.07) is 8.44. The molecule has 0 saturated heterocycles. The number of benzene rings is 1. The average molecular weight is 212 g/mol. The minimum absolute atomic E-state index is 0.685. The van der Waals surface area contributed by atoms with Crippen LogP contribution in [-0.4, -0.2) is 12.4 Å². The number of quaternary nitrogens is 1. The van der Waals surface area contributed by atoms with Crippen LogP contribution < -0.4 is 5.48 Å². The van der Waals surface area contributed by atoms with Crippen LogP contribution in [0.4, 0.5) is 5.69 Å². The van der Waals surface area contributed by atoms with Crippen LogP contribution in [0.15, 0.2) is 24.3 Å². The predicted octanol–water partition coefficient (Wildman–Crippen LogP) is 2.08. The van der Waals surface area contributed by atoms with Gasteiger partial charge in [-0.25, -0.2) is 4.84 Å². The van der Waals surface area contributed by atoms with E-state index in [9.17, 15) is 0 Å². The number of hydrogen-bond acceptors (Lipinski definition) is 2. The van der Waals surface area contributed by atoms with Crippen LogP contribution in [0.3, 0.4) is 0 Å². The van der Waals surface area contributed by atoms with Gasteiger partial charge in [0.1, 0.15) is 0 Å². The molecule has 78 valence electrons. The van der Waals surface area contributed by atoms with Crippen molar-refractivity contribution >= 4 is 17.4 Å². The van der Waals surface area contributed by atoms with Gasteiger partial charge >= 0.3 is 0 Å². The first-order valence-corrected chi connectivity index (χ1v) is 5.84. The molecule has 2 nitrogen and oxygen atoms in total. The third-order valence-electron chi connectivity index (χ3n) is 1.79. The van der Waals surface area contributed by atoms with Gasteiger partial charge in [-0.3, -0.25) is 0 Å². The molecular formula is C11H18NOS+. The third-order valence-corrected chi connectivity index (χ3v) is 2.95. The van der Waals surface area contributed by atoms with Gasteiger partial charge in [0.25, 0.3) is 0 Å². The van der Waals surface area contributed by atoms with Gasteiger partial charge in [-0.15, -0.1) is 0 Å². The SMILES string of the molecule is CO[NH2+]c1cccc(CSC(C)C)c1. The summed E-state index contributed by atoms with van der Waals surface area (Å²) in [6.07, 6.45) is 0. The quantitative estimate of drug-likeness (QED) is 0.597. The highest BCUT2D eigenvalue weighted by molar-refractivity contribution is 7.99. The zero-order valence-electron chi connectivity index (χ0n) is 8.99. The van der Waals surface area contributed by atoms with Gasteiger partial charge in [-0.05, 0) is 10.8 Å². The minimum atomic E-state index is 0.685. The molecule has 1 rings (SSSR count). The Kier molecular flexibility index (Phi) is 5.01. The van der Waals surface area contributed by atoms with Gasteiger partial charge in [-0.2, -0.15) is 17.2 Å². The summed E-state index contributed by atoms with van der Waals surface area (Å²) in [6.45, 7) is 4.44. The van der Waals surface area contributed by atoms with Gasteiger partial charge in [-0.1, -0.05) is 26.0 Å². The first-order chi connectivity index (χ1) is 6.72. The van der Waals surface area contributed by atoms with Gasteiger partial charge in [0, 0.05) is 17.9 Å². The number of hydrogen-bond donors (Lipinski definition) is 1. The van der Waals surface area contributed by atoms with Crippen molar-refractivity contribution in [2.45, 2.75) is 24.9 Å². The topological polar surface area (TPSA) is 25.8 Å². The summed E-state index contributed by atoms with van der Waals surface area (Å²) in [7, 11) is 1.68. The Labute approximate surface area is 90.0 Å². The van der Waals surface area contributed by atoms with E-state index in [-0.39, 0.29) is 0 Å². The largest absolute Gasteiger partial charge is 0.204 e. The normalized spacial score (nSPS) is 10.9. The Morgan fingerprint density at radius 2 is 2.21 bits per heavy atom. The average Bonchev–Trinajstić information content (AvgIpc) is 2.16. The highest BCUT2D eigenvalue weighted by atomic mass is 32.2. The van der Waals surface area contributed by atoms with Crippen molar-refractivity contribution in [2.24, 2.45) is 0 Å². The maximum absolute atomic E-state index is 4.98. The lowest BCUT2D eigenvalue weighted by Gasteiger charge is -2.05. The highest BCUT2D eigenvalue weighted by Crippen LogP contribution is 2.17. The molecule has 0 aliphatic heterocycles. The van der Waals surface area contributed by atoms with Crippen LogP contribution >= 0.6 is 11.8 Å². The predicted molar refractivity (Wildman–Crippen MR) is 61.5 cm³/mol. The Morgan fingerprint density at radius 1 is 1.43 bits per heavy atom. The van der Waals surface area contributed by atoms with E-state index in [1.165, 1.54) is 5.56 Å². The molecule has 0 aromatic heterocycles. The fraction of sp³-hybridized carbons (Fsp3) is 0.455. The smallest absolute Gasteiger partial charge is 0.162 e. The fourth-order valence-corrected chi connectivity index (χ4v) is 1.86. The van der Waals surface area contributed by atoms with E-state index in [4.69, 9.17) is 4.84 Å². The number of rotatable bonds is 5. The molecule has 3 heteroatoms. The lowest BCUT2D eigenvalue weighted by molar-refractivity contribution is -0.830. The minimum Gasteiger partial charge on any atom is -0.204 e. The summed E-state index contributed by atoms with van der Waals surface area (Å²) in [5, 5.41) is 0.685. The molecule has 0 amide bonds. The molecule has 1 aromatic carbocycles. The van der Waals surface area contributed by atoms with E-state index >= 15 is 0 Å². The fourth-order valence-electron chi connectivity index (χ4n) is 1.16. The summed E-state index contributed by atoms with van der Waals surface area (Å²) in [4.78, 5) is 4.98. The van der Waals surface area contributed by atoms with E-state index < -0.39 is 0 Å². The molecule has 14 heavy (non-hydrogen) atoms. The highest BCUT2D eigenvalue weighted by Gasteiger charge is 2.00. The Hall–Kier alpha value is -0.510. The van der Waals surface area contributed by atoms with Crippen molar-refractivity contribution in [1.29, 1.82) is 0 Å². The third kappa shape index (κ3) is 4.13. The number of nitrogens with two attached hydrogens (primary N) is 1. The van der Waals surface area contributed by atoms with Crippen LogP contribution in [0.1, 0.15) is 19.4 Å². The molecule has 0 fully saturated rings. The van der Waals surface area contributed by atoms with Crippen LogP contribution in [0, 0.1) is 0 Å². The number of thioether (sulfide) groups is 1. The second-order valence-corrected chi connectivity index (χ2v) is 5.02. The monoisotopic (exact) mass is 212 g/mol. The molecule has 2 N–H and O–H groups in total. The standard InChI is InChI=1S/C11H17NOS/c1-9(2)14-8-10-5-4-6-11(7-10)12-13-3/h4-7,9,12H,8H2,1-3H3/p+1. The van der Waals surface area contributed by atoms with Crippen LogP contribution in [-0.2, 0) is 10.6 Å². The first kappa shape index (κ1) is 11.6. The Bertz CT molecular complexity index is 276. The van der Waals surface area contributed by atoms with Crippen LogP contribution in [0.2, 0.25) is 0 Å². The van der Waals surface area contributed by atoms with Crippen molar-refractivity contribution in [3.63, 3.8) is 0 Å². The van der Waals surface area contributed by atoms with Crippen molar-refractivity contribution in [2.75, 3.05) is 7.11 Å². The molecular weight excluding hydrogens is 194 g/mol. The summed E-state index contributed by atoms with van der Waals surface area (Å²) in [5.41, 5.74) is 4.26. The lowest BCUT2D eigenvalue weighted by Crippen LogP contribution is -2.75. The first-order valence-electron chi connectivity index (χ1n) is 4.79. The van der Waals surface area contributed by atoms with Crippen molar-refractivity contribution in [3.05, 3.63) is 29.8 Å². The lowest BCUT2D eigenvalue weighted by atomic mass is 10.2. The van der Waals surface area contributed by atoms with Crippen molar-refractivity contribution in [1.82, 2.24) is 0 Å². The second-order valence-electron chi connectivity index (χ2n) is 3.46. The van der Waals surface area contributed by atoms with Crippen molar-refractivity contribution < 1.29 is 10.3 Å². The van der Waals surface area contributed by atoms with Gasteiger partial charge in [0.15, 0.2) is 5.69 Å². The maximum atomic E-state index is 4.98. The molecule has 0 aliphatic carbocycles. The zero-order chi connectivity index (χ0) is 10.4. The van der Waals surface area contributed by atoms with E-state index in [0.29, 0.717) is 5.25 Å². The molecule has 0 saturated carbocycles. The molecule has 0 aliphatic rings. The summed E-state index contributed by atoms with van der Waals surface area (Å²) >= 11 is 1.96. The van der Waals surface area contributed by atoms with E-state index in [1.807, 2.05) is 17.8 Å². The zero-order valence-corrected chi connectivity index (χ0v) is 9.80. The van der Waals surface area contributed by atoms with Gasteiger partial charge < -0.3 is 0 Å². The Balaban J connectivity index is 2.54. The maximum Gasteiger partial charge on any atom is 0.162 e. The van der Waals surface area contributed by atoms with E-state index in [1.54, 1.807) is 12.6 Å². The van der Waals surface area contributed by atoms with E-state index in [0.717, 1.165) is 11.4 Å². The van der Waals surface area contributed by atoms with Crippen molar-refractivity contribution in [3.8, 4) is 0 Å². The van der Waals surface area contributed by atoms with E-state index in [2.05, 4.69) is 32.0 Å². The van der Waals surface area contributed by atoms with Crippen LogP contribution in [0.25, 0.3) is 0 Å². The molecule has 0 radical (unpaired) electrons. The molecule has 0 unspecified atom stereocenters. The summed E-state index contributed by atoms with van der Waals surface area (Å²) < 4.78 is 0. The van der Waals surface area contributed by atoms with Gasteiger partial charge in [0.05, 0.1) is 7.11 Å². The molecule has 1 aromatic rings. The molecule has 0 bridgehead atoms. The van der Waals surface area contributed by atoms with Gasteiger partial charge in [0.2, 0.25) is 0 Å². The molecule has 0 spiro atoms. The van der Waals surface area contributed by atoms with Crippen LogP contribution in [0.5, 0.6) is 0 Å².